The van der Waals surface area contributed by atoms with E-state index in [0.29, 0.717) is 26.9 Å². The van der Waals surface area contributed by atoms with Crippen molar-refractivity contribution < 1.29 is 14.3 Å². The smallest absolute Gasteiger partial charge is 0.336 e. The highest BCUT2D eigenvalue weighted by Crippen LogP contribution is 2.44. The molecule has 1 aliphatic rings. The number of carbonyl (C=O) groups excluding carboxylic acids is 1. The monoisotopic (exact) mass is 468 g/mol. The summed E-state index contributed by atoms with van der Waals surface area (Å²) in [5.41, 5.74) is 7.75. The lowest BCUT2D eigenvalue weighted by Gasteiger charge is -2.25. The van der Waals surface area contributed by atoms with E-state index < -0.39 is 5.97 Å². The summed E-state index contributed by atoms with van der Waals surface area (Å²) in [5.74, 6) is -0.156. The Hall–Kier alpha value is -3.24. The van der Waals surface area contributed by atoms with Crippen molar-refractivity contribution in [2.45, 2.75) is 5.92 Å². The van der Waals surface area contributed by atoms with Crippen molar-refractivity contribution in [3.63, 3.8) is 0 Å². The Balaban J connectivity index is 1.57. The van der Waals surface area contributed by atoms with Crippen LogP contribution >= 0.6 is 34.5 Å². The van der Waals surface area contributed by atoms with Crippen molar-refractivity contribution >= 4 is 46.6 Å². The van der Waals surface area contributed by atoms with Gasteiger partial charge in [-0.1, -0.05) is 41.4 Å². The first-order valence-corrected chi connectivity index (χ1v) is 10.7. The Morgan fingerprint density at radius 2 is 2.06 bits per heavy atom. The molecule has 0 amide bonds. The highest BCUT2D eigenvalue weighted by molar-refractivity contribution is 7.10. The van der Waals surface area contributed by atoms with E-state index in [1.165, 1.54) is 17.4 Å². The zero-order valence-corrected chi connectivity index (χ0v) is 18.2. The quantitative estimate of drug-likeness (QED) is 0.293. The third-order valence-electron chi connectivity index (χ3n) is 4.60. The first-order chi connectivity index (χ1) is 15.0. The fourth-order valence-electron chi connectivity index (χ4n) is 3.19. The minimum atomic E-state index is -0.585. The molecule has 0 aliphatic carbocycles. The predicted molar refractivity (Wildman–Crippen MR) is 121 cm³/mol. The van der Waals surface area contributed by atoms with Crippen LogP contribution in [0.1, 0.15) is 21.9 Å². The summed E-state index contributed by atoms with van der Waals surface area (Å²) < 4.78 is 11.0. The molecule has 0 fully saturated rings. The Morgan fingerprint density at radius 1 is 1.23 bits per heavy atom. The summed E-state index contributed by atoms with van der Waals surface area (Å²) >= 11 is 13.5. The van der Waals surface area contributed by atoms with Crippen LogP contribution in [0.5, 0.6) is 11.5 Å². The molecule has 0 spiro atoms. The van der Waals surface area contributed by atoms with Crippen LogP contribution in [0.2, 0.25) is 10.0 Å². The summed E-state index contributed by atoms with van der Waals surface area (Å²) in [6.45, 7) is 0. The molecule has 1 atom stereocenters. The fourth-order valence-corrected chi connectivity index (χ4v) is 4.52. The number of halogens is 2. The number of hydrogen-bond donors (Lipinski definition) is 1. The molecular formula is C23H14Cl2N2O3S. The molecule has 2 heterocycles. The van der Waals surface area contributed by atoms with Crippen molar-refractivity contribution in [3.05, 3.63) is 97.5 Å². The summed E-state index contributed by atoms with van der Waals surface area (Å²) in [4.78, 5) is 13.2. The van der Waals surface area contributed by atoms with E-state index in [2.05, 4.69) is 6.07 Å². The molecule has 8 heteroatoms. The van der Waals surface area contributed by atoms with Gasteiger partial charge in [-0.05, 0) is 41.3 Å². The Morgan fingerprint density at radius 3 is 2.77 bits per heavy atom. The molecule has 0 bridgehead atoms. The third-order valence-corrected chi connectivity index (χ3v) is 6.10. The van der Waals surface area contributed by atoms with Gasteiger partial charge >= 0.3 is 5.97 Å². The minimum absolute atomic E-state index is 0.0363. The lowest BCUT2D eigenvalue weighted by molar-refractivity contribution is -0.128. The first-order valence-electron chi connectivity index (χ1n) is 9.06. The Kier molecular flexibility index (Phi) is 6.01. The lowest BCUT2D eigenvalue weighted by Crippen LogP contribution is -2.20. The van der Waals surface area contributed by atoms with Crippen molar-refractivity contribution in [2.24, 2.45) is 5.73 Å². The number of nitriles is 1. The van der Waals surface area contributed by atoms with Crippen LogP contribution in [-0.2, 0) is 4.79 Å². The molecule has 0 radical (unpaired) electrons. The van der Waals surface area contributed by atoms with E-state index in [1.807, 2.05) is 17.5 Å². The Labute approximate surface area is 192 Å². The predicted octanol–water partition coefficient (Wildman–Crippen LogP) is 5.89. The molecule has 0 saturated carbocycles. The number of carbonyl (C=O) groups is 1. The molecule has 1 aromatic heterocycles. The van der Waals surface area contributed by atoms with E-state index in [9.17, 15) is 10.1 Å². The summed E-state index contributed by atoms with van der Waals surface area (Å²) in [6, 6.07) is 16.0. The second-order valence-corrected chi connectivity index (χ2v) is 8.38. The standard InChI is InChI=1S/C23H14Cl2N2O3S/c24-14-5-3-13(18(25)10-14)4-8-21(28)29-15-6-7-16-19(11-15)30-23(27)17(12-26)22(16)20-2-1-9-31-20/h1-11,22H,27H2/b8-4+. The van der Waals surface area contributed by atoms with Gasteiger partial charge in [0.25, 0.3) is 0 Å². The van der Waals surface area contributed by atoms with Crippen LogP contribution < -0.4 is 15.2 Å². The van der Waals surface area contributed by atoms with Gasteiger partial charge in [0.2, 0.25) is 5.88 Å². The van der Waals surface area contributed by atoms with Gasteiger partial charge < -0.3 is 15.2 Å². The molecule has 4 rings (SSSR count). The largest absolute Gasteiger partial charge is 0.440 e. The zero-order chi connectivity index (χ0) is 22.0. The molecular weight excluding hydrogens is 455 g/mol. The van der Waals surface area contributed by atoms with Crippen LogP contribution in [0.15, 0.2) is 71.4 Å². The van der Waals surface area contributed by atoms with E-state index >= 15 is 0 Å². The number of benzene rings is 2. The maximum atomic E-state index is 12.3. The number of thiophene rings is 1. The lowest BCUT2D eigenvalue weighted by atomic mass is 9.88. The van der Waals surface area contributed by atoms with Crippen LogP contribution in [0.4, 0.5) is 0 Å². The number of fused-ring (bicyclic) bond motifs is 1. The maximum Gasteiger partial charge on any atom is 0.336 e. The summed E-state index contributed by atoms with van der Waals surface area (Å²) in [5, 5.41) is 12.4. The highest BCUT2D eigenvalue weighted by atomic mass is 35.5. The van der Waals surface area contributed by atoms with Crippen LogP contribution in [0.3, 0.4) is 0 Å². The number of ether oxygens (including phenoxy) is 2. The van der Waals surface area contributed by atoms with Gasteiger partial charge in [-0.15, -0.1) is 11.3 Å². The fraction of sp³-hybridized carbons (Fsp3) is 0.0435. The molecule has 31 heavy (non-hydrogen) atoms. The zero-order valence-electron chi connectivity index (χ0n) is 15.8. The Bertz CT molecular complexity index is 1260. The molecule has 1 unspecified atom stereocenters. The average molecular weight is 469 g/mol. The number of allylic oxidation sites excluding steroid dienone is 1. The number of rotatable bonds is 4. The van der Waals surface area contributed by atoms with Crippen LogP contribution in [-0.4, -0.2) is 5.97 Å². The number of nitrogens with zero attached hydrogens (tertiary/aromatic N) is 1. The van der Waals surface area contributed by atoms with E-state index in [1.54, 1.807) is 42.5 Å². The average Bonchev–Trinajstić information content (AvgIpc) is 3.26. The minimum Gasteiger partial charge on any atom is -0.440 e. The number of nitrogens with two attached hydrogens (primary N) is 1. The van der Waals surface area contributed by atoms with Crippen LogP contribution in [0, 0.1) is 11.3 Å². The van der Waals surface area contributed by atoms with E-state index in [4.69, 9.17) is 38.4 Å². The molecule has 154 valence electrons. The normalized spacial score (nSPS) is 15.3. The topological polar surface area (TPSA) is 85.3 Å². The van der Waals surface area contributed by atoms with Gasteiger partial charge in [-0.3, -0.25) is 0 Å². The SMILES string of the molecule is N#CC1=C(N)Oc2cc(OC(=O)/C=C/c3ccc(Cl)cc3Cl)ccc2C1c1cccs1. The third kappa shape index (κ3) is 4.44. The van der Waals surface area contributed by atoms with Crippen molar-refractivity contribution in [1.82, 2.24) is 0 Å². The molecule has 0 saturated heterocycles. The molecule has 1 aliphatic heterocycles. The first kappa shape index (κ1) is 21.0. The molecule has 5 nitrogen and oxygen atoms in total. The number of esters is 1. The van der Waals surface area contributed by atoms with Gasteiger partial charge in [0.15, 0.2) is 0 Å². The van der Waals surface area contributed by atoms with E-state index in [0.717, 1.165) is 10.4 Å². The van der Waals surface area contributed by atoms with Crippen LogP contribution in [0.25, 0.3) is 6.08 Å². The van der Waals surface area contributed by atoms with Gasteiger partial charge in [-0.2, -0.15) is 5.26 Å². The second kappa shape index (κ2) is 8.86. The summed E-state index contributed by atoms with van der Waals surface area (Å²) in [7, 11) is 0. The van der Waals surface area contributed by atoms with Crippen molar-refractivity contribution in [2.75, 3.05) is 0 Å². The van der Waals surface area contributed by atoms with E-state index in [-0.39, 0.29) is 17.6 Å². The maximum absolute atomic E-state index is 12.3. The molecule has 2 aromatic carbocycles. The van der Waals surface area contributed by atoms with Crippen molar-refractivity contribution in [3.8, 4) is 17.6 Å². The summed E-state index contributed by atoms with van der Waals surface area (Å²) in [6.07, 6.45) is 2.81. The molecule has 3 aromatic rings. The second-order valence-electron chi connectivity index (χ2n) is 6.56. The van der Waals surface area contributed by atoms with Gasteiger partial charge in [0.1, 0.15) is 23.1 Å². The number of hydrogen-bond acceptors (Lipinski definition) is 6. The van der Waals surface area contributed by atoms with Gasteiger partial charge in [0.05, 0.1) is 5.92 Å². The van der Waals surface area contributed by atoms with Crippen molar-refractivity contribution in [1.29, 1.82) is 5.26 Å². The molecule has 2 N–H and O–H groups in total. The highest BCUT2D eigenvalue weighted by Gasteiger charge is 2.31. The van der Waals surface area contributed by atoms with Gasteiger partial charge in [-0.25, -0.2) is 4.79 Å². The van der Waals surface area contributed by atoms with Gasteiger partial charge in [0, 0.05) is 32.6 Å².